The summed E-state index contributed by atoms with van der Waals surface area (Å²) in [7, 11) is 0. The van der Waals surface area contributed by atoms with Crippen molar-refractivity contribution in [2.45, 2.75) is 0 Å². The molecule has 64 heavy (non-hydrogen) atoms. The second-order valence-corrected chi connectivity index (χ2v) is 16.5. The van der Waals surface area contributed by atoms with Gasteiger partial charge >= 0.3 is 0 Å². The largest absolute Gasteiger partial charge is 0.310 e. The van der Waals surface area contributed by atoms with Crippen molar-refractivity contribution >= 4 is 60.4 Å². The molecule has 11 aromatic carbocycles. The molecule has 0 aliphatic heterocycles. The van der Waals surface area contributed by atoms with Crippen LogP contribution < -0.4 is 4.90 Å². The second-order valence-electron chi connectivity index (χ2n) is 16.5. The third-order valence-corrected chi connectivity index (χ3v) is 12.8. The summed E-state index contributed by atoms with van der Waals surface area (Å²) in [5.41, 5.74) is 16.2. The van der Waals surface area contributed by atoms with Crippen LogP contribution in [0.1, 0.15) is 0 Å². The molecular formula is C62H42N2. The molecule has 0 saturated carbocycles. The molecule has 0 bridgehead atoms. The molecule has 0 fully saturated rings. The van der Waals surface area contributed by atoms with E-state index in [0.717, 1.165) is 33.9 Å². The van der Waals surface area contributed by atoms with Gasteiger partial charge in [-0.3, -0.25) is 0 Å². The number of aromatic nitrogens is 1. The quantitative estimate of drug-likeness (QED) is 0.148. The maximum Gasteiger partial charge on any atom is 0.0541 e. The molecule has 12 rings (SSSR count). The Morgan fingerprint density at radius 3 is 1.41 bits per heavy atom. The van der Waals surface area contributed by atoms with E-state index in [1.165, 1.54) is 76.7 Å². The number of benzene rings is 11. The fourth-order valence-corrected chi connectivity index (χ4v) is 9.84. The third-order valence-electron chi connectivity index (χ3n) is 12.8. The topological polar surface area (TPSA) is 8.17 Å². The normalized spacial score (nSPS) is 11.4. The lowest BCUT2D eigenvalue weighted by Gasteiger charge is -2.29. The van der Waals surface area contributed by atoms with Gasteiger partial charge in [-0.1, -0.05) is 200 Å². The molecule has 0 saturated heterocycles. The zero-order chi connectivity index (χ0) is 42.4. The number of para-hydroxylation sites is 4. The zero-order valence-corrected chi connectivity index (χ0v) is 35.1. The van der Waals surface area contributed by atoms with Gasteiger partial charge in [-0.2, -0.15) is 0 Å². The first-order valence-corrected chi connectivity index (χ1v) is 22.0. The molecule has 12 aromatic rings. The minimum atomic E-state index is 1.07. The monoisotopic (exact) mass is 814 g/mol. The maximum atomic E-state index is 2.43. The molecule has 300 valence electrons. The van der Waals surface area contributed by atoms with Crippen LogP contribution in [0.15, 0.2) is 255 Å². The van der Waals surface area contributed by atoms with Crippen LogP contribution in [-0.4, -0.2) is 4.57 Å². The van der Waals surface area contributed by atoms with Gasteiger partial charge in [-0.05, 0) is 110 Å². The third kappa shape index (κ3) is 6.44. The van der Waals surface area contributed by atoms with Gasteiger partial charge in [0, 0.05) is 33.3 Å². The number of fused-ring (bicyclic) bond motifs is 5. The van der Waals surface area contributed by atoms with Crippen molar-refractivity contribution in [2.24, 2.45) is 0 Å². The van der Waals surface area contributed by atoms with E-state index in [1.54, 1.807) is 0 Å². The van der Waals surface area contributed by atoms with E-state index in [2.05, 4.69) is 264 Å². The molecule has 0 spiro atoms. The highest BCUT2D eigenvalue weighted by molar-refractivity contribution is 6.10. The summed E-state index contributed by atoms with van der Waals surface area (Å²) in [6.07, 6.45) is 0. The first-order chi connectivity index (χ1) is 31.8. The minimum absolute atomic E-state index is 1.07. The smallest absolute Gasteiger partial charge is 0.0541 e. The van der Waals surface area contributed by atoms with Crippen LogP contribution in [0.4, 0.5) is 17.1 Å². The van der Waals surface area contributed by atoms with Gasteiger partial charge in [-0.15, -0.1) is 0 Å². The van der Waals surface area contributed by atoms with Crippen LogP contribution in [0.25, 0.3) is 93.5 Å². The summed E-state index contributed by atoms with van der Waals surface area (Å²) < 4.78 is 2.43. The number of hydrogen-bond acceptors (Lipinski definition) is 1. The summed E-state index contributed by atoms with van der Waals surface area (Å²) in [4.78, 5) is 2.43. The van der Waals surface area contributed by atoms with Crippen LogP contribution in [0.5, 0.6) is 0 Å². The zero-order valence-electron chi connectivity index (χ0n) is 35.1. The summed E-state index contributed by atoms with van der Waals surface area (Å²) in [5, 5.41) is 7.47. The summed E-state index contributed by atoms with van der Waals surface area (Å²) in [6.45, 7) is 0. The van der Waals surface area contributed by atoms with Crippen molar-refractivity contribution in [3.8, 4) is 50.2 Å². The highest BCUT2D eigenvalue weighted by Gasteiger charge is 2.22. The first kappa shape index (κ1) is 37.3. The van der Waals surface area contributed by atoms with E-state index in [9.17, 15) is 0 Å². The van der Waals surface area contributed by atoms with E-state index in [4.69, 9.17) is 0 Å². The molecule has 0 unspecified atom stereocenters. The molecule has 0 amide bonds. The van der Waals surface area contributed by atoms with Gasteiger partial charge in [0.25, 0.3) is 0 Å². The number of anilines is 3. The van der Waals surface area contributed by atoms with Crippen LogP contribution in [-0.2, 0) is 0 Å². The van der Waals surface area contributed by atoms with E-state index in [0.29, 0.717) is 0 Å². The predicted octanol–water partition coefficient (Wildman–Crippen LogP) is 17.2. The minimum Gasteiger partial charge on any atom is -0.310 e. The Morgan fingerprint density at radius 1 is 0.266 bits per heavy atom. The van der Waals surface area contributed by atoms with Crippen molar-refractivity contribution in [2.75, 3.05) is 4.90 Å². The molecule has 0 N–H and O–H groups in total. The van der Waals surface area contributed by atoms with Crippen molar-refractivity contribution in [3.05, 3.63) is 255 Å². The lowest BCUT2D eigenvalue weighted by atomic mass is 9.95. The van der Waals surface area contributed by atoms with Crippen LogP contribution >= 0.6 is 0 Å². The molecular weight excluding hydrogens is 773 g/mol. The highest BCUT2D eigenvalue weighted by atomic mass is 15.1. The van der Waals surface area contributed by atoms with E-state index >= 15 is 0 Å². The fraction of sp³-hybridized carbons (Fsp3) is 0. The van der Waals surface area contributed by atoms with Crippen LogP contribution in [0, 0.1) is 0 Å². The highest BCUT2D eigenvalue weighted by Crippen LogP contribution is 2.45. The molecule has 2 nitrogen and oxygen atoms in total. The van der Waals surface area contributed by atoms with Gasteiger partial charge in [0.15, 0.2) is 0 Å². The van der Waals surface area contributed by atoms with E-state index in [-0.39, 0.29) is 0 Å². The lowest BCUT2D eigenvalue weighted by Crippen LogP contribution is -2.12. The maximum absolute atomic E-state index is 2.43. The Balaban J connectivity index is 1.03. The van der Waals surface area contributed by atoms with Crippen molar-refractivity contribution in [1.29, 1.82) is 0 Å². The number of rotatable bonds is 8. The van der Waals surface area contributed by atoms with E-state index in [1.807, 2.05) is 0 Å². The molecule has 1 heterocycles. The van der Waals surface area contributed by atoms with Crippen LogP contribution in [0.3, 0.4) is 0 Å². The average molecular weight is 815 g/mol. The predicted molar refractivity (Wildman–Crippen MR) is 272 cm³/mol. The Labute approximate surface area is 373 Å². The average Bonchev–Trinajstić information content (AvgIpc) is 3.71. The Bertz CT molecular complexity index is 3620. The Kier molecular flexibility index (Phi) is 9.20. The first-order valence-electron chi connectivity index (χ1n) is 22.0. The van der Waals surface area contributed by atoms with Gasteiger partial charge < -0.3 is 9.47 Å². The molecule has 2 heteroatoms. The SMILES string of the molecule is c1cc(-c2ccc(N(c3cccc(-c4cccc5ccccc45)c3)c3ccccc3-c3ccccc3-n3c4ccccc4c4ccccc43)cc2)cc(-c2cccc3ccccc23)c1. The van der Waals surface area contributed by atoms with E-state index < -0.39 is 0 Å². The van der Waals surface area contributed by atoms with Gasteiger partial charge in [0.05, 0.1) is 22.4 Å². The van der Waals surface area contributed by atoms with Crippen molar-refractivity contribution < 1.29 is 0 Å². The fourth-order valence-electron chi connectivity index (χ4n) is 9.84. The molecule has 1 aromatic heterocycles. The number of hydrogen-bond donors (Lipinski definition) is 0. The van der Waals surface area contributed by atoms with Crippen molar-refractivity contribution in [1.82, 2.24) is 4.57 Å². The summed E-state index contributed by atoms with van der Waals surface area (Å²) >= 11 is 0. The number of nitrogens with zero attached hydrogens (tertiary/aromatic N) is 2. The Hall–Kier alpha value is -8.46. The van der Waals surface area contributed by atoms with Crippen LogP contribution in [0.2, 0.25) is 0 Å². The summed E-state index contributed by atoms with van der Waals surface area (Å²) in [6, 6.07) is 92.7. The molecule has 0 aliphatic rings. The van der Waals surface area contributed by atoms with Gasteiger partial charge in [0.2, 0.25) is 0 Å². The Morgan fingerprint density at radius 2 is 0.734 bits per heavy atom. The van der Waals surface area contributed by atoms with Gasteiger partial charge in [-0.25, -0.2) is 0 Å². The lowest BCUT2D eigenvalue weighted by molar-refractivity contribution is 1.18. The molecule has 0 atom stereocenters. The standard InChI is InChI=1S/C62H42N2/c1-3-25-51-44(17-1)19-15-31-53(51)47-22-13-21-46(41-47)43-37-39-49(40-38-43)63(50-24-14-23-48(42-50)54-32-16-20-45-18-2-4-26-52(45)54)59-33-9-5-27-55(59)56-28-6-10-34-60(56)64-61-35-11-7-29-57(61)58-30-8-12-36-62(58)64/h1-42H. The molecule has 0 radical (unpaired) electrons. The summed E-state index contributed by atoms with van der Waals surface area (Å²) in [5.74, 6) is 0. The second kappa shape index (κ2) is 15.8. The molecule has 0 aliphatic carbocycles. The van der Waals surface area contributed by atoms with Gasteiger partial charge in [0.1, 0.15) is 0 Å². The van der Waals surface area contributed by atoms with Crippen molar-refractivity contribution in [3.63, 3.8) is 0 Å².